The van der Waals surface area contributed by atoms with Crippen LogP contribution in [-0.2, 0) is 14.8 Å². The van der Waals surface area contributed by atoms with E-state index in [0.717, 1.165) is 26.2 Å². The maximum absolute atomic E-state index is 12.8. The number of likely N-dealkylation sites (N-methyl/N-ethyl adjacent to an activating group) is 1. The molecular formula is C17H24Cl2N4O3S. The van der Waals surface area contributed by atoms with E-state index in [1.165, 1.54) is 22.5 Å². The lowest BCUT2D eigenvalue weighted by Gasteiger charge is -2.36. The van der Waals surface area contributed by atoms with Crippen LogP contribution in [0.4, 0.5) is 0 Å². The standard InChI is InChI=1S/C17H24Cl2N4O3S/c1-20-4-8-22(9-5-20)17(24)13-21-6-10-23(11-7-21)27(25,26)14-2-3-15(18)16(19)12-14/h2-3,12H,4-11,13H2,1H3. The number of benzene rings is 1. The second kappa shape index (κ2) is 8.63. The molecule has 1 aromatic rings. The summed E-state index contributed by atoms with van der Waals surface area (Å²) in [6.45, 7) is 5.37. The van der Waals surface area contributed by atoms with E-state index >= 15 is 0 Å². The molecule has 3 rings (SSSR count). The predicted molar refractivity (Wildman–Crippen MR) is 106 cm³/mol. The van der Waals surface area contributed by atoms with Gasteiger partial charge in [0.2, 0.25) is 15.9 Å². The molecule has 1 amide bonds. The predicted octanol–water partition coefficient (Wildman–Crippen LogP) is 1.07. The molecule has 7 nitrogen and oxygen atoms in total. The molecule has 2 fully saturated rings. The quantitative estimate of drug-likeness (QED) is 0.708. The lowest BCUT2D eigenvalue weighted by atomic mass is 10.3. The van der Waals surface area contributed by atoms with Gasteiger partial charge in [-0.1, -0.05) is 23.2 Å². The number of amides is 1. The van der Waals surface area contributed by atoms with Gasteiger partial charge in [-0.05, 0) is 25.2 Å². The molecular weight excluding hydrogens is 411 g/mol. The number of piperazine rings is 2. The van der Waals surface area contributed by atoms with Crippen LogP contribution in [0.2, 0.25) is 10.0 Å². The van der Waals surface area contributed by atoms with Gasteiger partial charge in [0.05, 0.1) is 21.5 Å². The molecule has 0 atom stereocenters. The monoisotopic (exact) mass is 434 g/mol. The van der Waals surface area contributed by atoms with Crippen LogP contribution in [-0.4, -0.2) is 99.3 Å². The van der Waals surface area contributed by atoms with E-state index in [-0.39, 0.29) is 15.8 Å². The minimum absolute atomic E-state index is 0.115. The normalized spacial score (nSPS) is 20.8. The third kappa shape index (κ3) is 4.93. The number of halogens is 2. The van der Waals surface area contributed by atoms with Gasteiger partial charge in [0.15, 0.2) is 0 Å². The fourth-order valence-corrected chi connectivity index (χ4v) is 5.07. The summed E-state index contributed by atoms with van der Waals surface area (Å²) >= 11 is 11.8. The Labute approximate surface area is 170 Å². The van der Waals surface area contributed by atoms with Crippen LogP contribution in [0.5, 0.6) is 0 Å². The Kier molecular flexibility index (Phi) is 6.66. The minimum Gasteiger partial charge on any atom is -0.339 e. The number of nitrogens with zero attached hydrogens (tertiary/aromatic N) is 4. The van der Waals surface area contributed by atoms with E-state index in [1.54, 1.807) is 0 Å². The van der Waals surface area contributed by atoms with E-state index in [2.05, 4.69) is 11.9 Å². The second-order valence-electron chi connectivity index (χ2n) is 6.94. The summed E-state index contributed by atoms with van der Waals surface area (Å²) in [6.07, 6.45) is 0. The van der Waals surface area contributed by atoms with Crippen LogP contribution >= 0.6 is 23.2 Å². The van der Waals surface area contributed by atoms with Gasteiger partial charge in [-0.15, -0.1) is 0 Å². The van der Waals surface area contributed by atoms with Gasteiger partial charge in [0.1, 0.15) is 0 Å². The first-order valence-electron chi connectivity index (χ1n) is 8.91. The maximum Gasteiger partial charge on any atom is 0.243 e. The van der Waals surface area contributed by atoms with E-state index in [9.17, 15) is 13.2 Å². The SMILES string of the molecule is CN1CCN(C(=O)CN2CCN(S(=O)(=O)c3ccc(Cl)c(Cl)c3)CC2)CC1. The zero-order valence-electron chi connectivity index (χ0n) is 15.3. The van der Waals surface area contributed by atoms with Crippen LogP contribution in [0.15, 0.2) is 23.1 Å². The molecule has 0 bridgehead atoms. The third-order valence-electron chi connectivity index (χ3n) is 5.07. The van der Waals surface area contributed by atoms with E-state index < -0.39 is 10.0 Å². The summed E-state index contributed by atoms with van der Waals surface area (Å²) in [5, 5.41) is 0.539. The highest BCUT2D eigenvalue weighted by molar-refractivity contribution is 7.89. The van der Waals surface area contributed by atoms with E-state index in [0.29, 0.717) is 37.7 Å². The fourth-order valence-electron chi connectivity index (χ4n) is 3.26. The molecule has 0 N–H and O–H groups in total. The van der Waals surface area contributed by atoms with Gasteiger partial charge >= 0.3 is 0 Å². The zero-order chi connectivity index (χ0) is 19.6. The smallest absolute Gasteiger partial charge is 0.243 e. The van der Waals surface area contributed by atoms with Crippen LogP contribution in [0, 0.1) is 0 Å². The van der Waals surface area contributed by atoms with Crippen molar-refractivity contribution in [3.05, 3.63) is 28.2 Å². The Morgan fingerprint density at radius 1 is 0.963 bits per heavy atom. The average Bonchev–Trinajstić information content (AvgIpc) is 2.65. The molecule has 1 aromatic carbocycles. The highest BCUT2D eigenvalue weighted by atomic mass is 35.5. The molecule has 10 heteroatoms. The number of sulfonamides is 1. The highest BCUT2D eigenvalue weighted by Gasteiger charge is 2.30. The van der Waals surface area contributed by atoms with Crippen molar-refractivity contribution in [1.82, 2.24) is 19.0 Å². The molecule has 0 saturated carbocycles. The molecule has 2 saturated heterocycles. The summed E-state index contributed by atoms with van der Waals surface area (Å²) in [4.78, 5) is 18.7. The second-order valence-corrected chi connectivity index (χ2v) is 9.69. The molecule has 150 valence electrons. The Bertz CT molecular complexity index is 789. The van der Waals surface area contributed by atoms with Gasteiger partial charge in [-0.25, -0.2) is 8.42 Å². The van der Waals surface area contributed by atoms with Crippen molar-refractivity contribution >= 4 is 39.1 Å². The number of rotatable bonds is 4. The molecule has 2 aliphatic heterocycles. The summed E-state index contributed by atoms with van der Waals surface area (Å²) < 4.78 is 27.0. The lowest BCUT2D eigenvalue weighted by Crippen LogP contribution is -2.53. The molecule has 0 aliphatic carbocycles. The van der Waals surface area contributed by atoms with Gasteiger partial charge in [0.25, 0.3) is 0 Å². The highest BCUT2D eigenvalue weighted by Crippen LogP contribution is 2.27. The molecule has 0 spiro atoms. The van der Waals surface area contributed by atoms with E-state index in [4.69, 9.17) is 23.2 Å². The Morgan fingerprint density at radius 3 is 2.19 bits per heavy atom. The molecule has 0 aromatic heterocycles. The Hall–Kier alpha value is -0.900. The van der Waals surface area contributed by atoms with Crippen molar-refractivity contribution in [1.29, 1.82) is 0 Å². The Morgan fingerprint density at radius 2 is 1.59 bits per heavy atom. The minimum atomic E-state index is -3.62. The molecule has 0 unspecified atom stereocenters. The van der Waals surface area contributed by atoms with Crippen molar-refractivity contribution < 1.29 is 13.2 Å². The van der Waals surface area contributed by atoms with Crippen molar-refractivity contribution in [2.75, 3.05) is 66.0 Å². The number of carbonyl (C=O) groups is 1. The largest absolute Gasteiger partial charge is 0.339 e. The lowest BCUT2D eigenvalue weighted by molar-refractivity contribution is -0.134. The van der Waals surface area contributed by atoms with Gasteiger partial charge < -0.3 is 9.80 Å². The van der Waals surface area contributed by atoms with Gasteiger partial charge in [-0.3, -0.25) is 9.69 Å². The number of hydrogen-bond donors (Lipinski definition) is 0. The van der Waals surface area contributed by atoms with Crippen LogP contribution in [0.25, 0.3) is 0 Å². The van der Waals surface area contributed by atoms with Crippen molar-refractivity contribution in [2.45, 2.75) is 4.90 Å². The molecule has 2 heterocycles. The van der Waals surface area contributed by atoms with Crippen molar-refractivity contribution in [3.63, 3.8) is 0 Å². The molecule has 2 aliphatic rings. The number of carbonyl (C=O) groups excluding carboxylic acids is 1. The van der Waals surface area contributed by atoms with Gasteiger partial charge in [-0.2, -0.15) is 4.31 Å². The van der Waals surface area contributed by atoms with Crippen LogP contribution in [0.1, 0.15) is 0 Å². The van der Waals surface area contributed by atoms with Crippen molar-refractivity contribution in [2.24, 2.45) is 0 Å². The molecule has 0 radical (unpaired) electrons. The van der Waals surface area contributed by atoms with E-state index in [1.807, 2.05) is 9.80 Å². The summed E-state index contributed by atoms with van der Waals surface area (Å²) in [6, 6.07) is 4.33. The first-order chi connectivity index (χ1) is 12.8. The first kappa shape index (κ1) is 20.8. The fraction of sp³-hybridized carbons (Fsp3) is 0.588. The number of hydrogen-bond acceptors (Lipinski definition) is 5. The third-order valence-corrected chi connectivity index (χ3v) is 7.71. The average molecular weight is 435 g/mol. The maximum atomic E-state index is 12.8. The summed E-state index contributed by atoms with van der Waals surface area (Å²) in [7, 11) is -1.57. The van der Waals surface area contributed by atoms with Crippen LogP contribution < -0.4 is 0 Å². The first-order valence-corrected chi connectivity index (χ1v) is 11.1. The zero-order valence-corrected chi connectivity index (χ0v) is 17.6. The van der Waals surface area contributed by atoms with Crippen molar-refractivity contribution in [3.8, 4) is 0 Å². The summed E-state index contributed by atoms with van der Waals surface area (Å²) in [5.41, 5.74) is 0. The van der Waals surface area contributed by atoms with Crippen LogP contribution in [0.3, 0.4) is 0 Å². The Balaban J connectivity index is 1.55. The topological polar surface area (TPSA) is 64.2 Å². The summed E-state index contributed by atoms with van der Waals surface area (Å²) in [5.74, 6) is 0.115. The molecule has 27 heavy (non-hydrogen) atoms. The van der Waals surface area contributed by atoms with Gasteiger partial charge in [0, 0.05) is 52.4 Å².